The van der Waals surface area contributed by atoms with Crippen LogP contribution in [-0.2, 0) is 9.53 Å². The third-order valence-corrected chi connectivity index (χ3v) is 4.33. The highest BCUT2D eigenvalue weighted by Crippen LogP contribution is 2.48. The maximum Gasteiger partial charge on any atom is 0.262 e. The highest BCUT2D eigenvalue weighted by Gasteiger charge is 2.59. The van der Waals surface area contributed by atoms with Crippen LogP contribution < -0.4 is 9.64 Å². The maximum atomic E-state index is 12.8. The quantitative estimate of drug-likeness (QED) is 0.792. The Morgan fingerprint density at radius 3 is 2.30 bits per heavy atom. The Morgan fingerprint density at radius 1 is 1.09 bits per heavy atom. The summed E-state index contributed by atoms with van der Waals surface area (Å²) in [5.41, 5.74) is 1.08. The lowest BCUT2D eigenvalue weighted by Gasteiger charge is -2.53. The standard InChI is InChI=1S/C19H21NO3/c1-4-23-19(2)17(14-10-12-16(22-3)13-11-14)20(18(19)21)15-8-6-5-7-9-15/h5-13,17H,4H2,1-3H3/t17-,19+/m0/s1. The minimum absolute atomic E-state index is 0.00799. The first-order chi connectivity index (χ1) is 11.1. The van der Waals surface area contributed by atoms with Gasteiger partial charge in [0.15, 0.2) is 5.60 Å². The molecule has 2 aromatic rings. The van der Waals surface area contributed by atoms with E-state index in [2.05, 4.69) is 0 Å². The van der Waals surface area contributed by atoms with Gasteiger partial charge in [-0.25, -0.2) is 0 Å². The van der Waals surface area contributed by atoms with Gasteiger partial charge in [-0.1, -0.05) is 30.3 Å². The topological polar surface area (TPSA) is 38.8 Å². The average Bonchev–Trinajstić information content (AvgIpc) is 2.60. The lowest BCUT2D eigenvalue weighted by atomic mass is 9.78. The van der Waals surface area contributed by atoms with Crippen molar-refractivity contribution < 1.29 is 14.3 Å². The Kier molecular flexibility index (Phi) is 4.09. The van der Waals surface area contributed by atoms with Gasteiger partial charge in [0.2, 0.25) is 0 Å². The van der Waals surface area contributed by atoms with E-state index in [9.17, 15) is 4.79 Å². The van der Waals surface area contributed by atoms with Crippen LogP contribution in [0.4, 0.5) is 5.69 Å². The van der Waals surface area contributed by atoms with Crippen LogP contribution in [0.5, 0.6) is 5.75 Å². The van der Waals surface area contributed by atoms with E-state index in [1.807, 2.05) is 68.4 Å². The Labute approximate surface area is 136 Å². The monoisotopic (exact) mass is 311 g/mol. The molecule has 1 amide bonds. The number of nitrogens with zero attached hydrogens (tertiary/aromatic N) is 1. The molecule has 1 heterocycles. The molecule has 23 heavy (non-hydrogen) atoms. The van der Waals surface area contributed by atoms with Crippen molar-refractivity contribution in [3.63, 3.8) is 0 Å². The van der Waals surface area contributed by atoms with E-state index in [-0.39, 0.29) is 11.9 Å². The molecule has 1 fully saturated rings. The molecule has 120 valence electrons. The van der Waals surface area contributed by atoms with E-state index in [0.29, 0.717) is 6.61 Å². The zero-order chi connectivity index (χ0) is 16.4. The Balaban J connectivity index is 2.00. The molecule has 1 saturated heterocycles. The molecule has 0 radical (unpaired) electrons. The summed E-state index contributed by atoms with van der Waals surface area (Å²) < 4.78 is 11.1. The predicted octanol–water partition coefficient (Wildman–Crippen LogP) is 3.58. The average molecular weight is 311 g/mol. The number of benzene rings is 2. The molecule has 4 nitrogen and oxygen atoms in total. The zero-order valence-electron chi connectivity index (χ0n) is 13.7. The summed E-state index contributed by atoms with van der Waals surface area (Å²) in [5, 5.41) is 0. The van der Waals surface area contributed by atoms with Crippen LogP contribution in [0.3, 0.4) is 0 Å². The van der Waals surface area contributed by atoms with Gasteiger partial charge in [0.05, 0.1) is 13.2 Å². The molecule has 3 rings (SSSR count). The fourth-order valence-corrected chi connectivity index (χ4v) is 3.20. The summed E-state index contributed by atoms with van der Waals surface area (Å²) in [6.07, 6.45) is 0. The second kappa shape index (κ2) is 6.05. The normalized spacial score (nSPS) is 23.5. The minimum atomic E-state index is -0.834. The van der Waals surface area contributed by atoms with Gasteiger partial charge in [-0.05, 0) is 43.7 Å². The first-order valence-electron chi connectivity index (χ1n) is 7.78. The maximum absolute atomic E-state index is 12.8. The largest absolute Gasteiger partial charge is 0.497 e. The Bertz CT molecular complexity index is 684. The second-order valence-electron chi connectivity index (χ2n) is 5.73. The Morgan fingerprint density at radius 2 is 1.74 bits per heavy atom. The van der Waals surface area contributed by atoms with E-state index < -0.39 is 5.60 Å². The van der Waals surface area contributed by atoms with E-state index in [4.69, 9.17) is 9.47 Å². The fraction of sp³-hybridized carbons (Fsp3) is 0.316. The third-order valence-electron chi connectivity index (χ3n) is 4.33. The fourth-order valence-electron chi connectivity index (χ4n) is 3.20. The van der Waals surface area contributed by atoms with E-state index in [1.54, 1.807) is 12.0 Å². The molecular weight excluding hydrogens is 290 g/mol. The number of carbonyl (C=O) groups excluding carboxylic acids is 1. The summed E-state index contributed by atoms with van der Waals surface area (Å²) in [6.45, 7) is 4.28. The van der Waals surface area contributed by atoms with Gasteiger partial charge in [-0.2, -0.15) is 0 Å². The molecule has 2 atom stereocenters. The number of hydrogen-bond donors (Lipinski definition) is 0. The van der Waals surface area contributed by atoms with Gasteiger partial charge in [-0.15, -0.1) is 0 Å². The molecule has 0 aliphatic carbocycles. The van der Waals surface area contributed by atoms with Crippen LogP contribution in [0.25, 0.3) is 0 Å². The van der Waals surface area contributed by atoms with Gasteiger partial charge in [0.25, 0.3) is 5.91 Å². The van der Waals surface area contributed by atoms with Crippen LogP contribution in [0.2, 0.25) is 0 Å². The third kappa shape index (κ3) is 2.49. The van der Waals surface area contributed by atoms with Gasteiger partial charge < -0.3 is 9.47 Å². The summed E-state index contributed by atoms with van der Waals surface area (Å²) in [6, 6.07) is 17.3. The van der Waals surface area contributed by atoms with Crippen molar-refractivity contribution in [2.75, 3.05) is 18.6 Å². The highest BCUT2D eigenvalue weighted by atomic mass is 16.5. The van der Waals surface area contributed by atoms with Crippen molar-refractivity contribution in [2.45, 2.75) is 25.5 Å². The summed E-state index contributed by atoms with van der Waals surface area (Å²) in [5.74, 6) is 0.787. The smallest absolute Gasteiger partial charge is 0.262 e. The molecule has 1 aliphatic rings. The van der Waals surface area contributed by atoms with Crippen LogP contribution in [0, 0.1) is 0 Å². The molecule has 0 N–H and O–H groups in total. The molecule has 0 saturated carbocycles. The van der Waals surface area contributed by atoms with Crippen LogP contribution in [0.1, 0.15) is 25.5 Å². The lowest BCUT2D eigenvalue weighted by Crippen LogP contribution is -2.68. The Hall–Kier alpha value is -2.33. The van der Waals surface area contributed by atoms with Gasteiger partial charge in [0.1, 0.15) is 5.75 Å². The van der Waals surface area contributed by atoms with Crippen molar-refractivity contribution in [3.8, 4) is 5.75 Å². The highest BCUT2D eigenvalue weighted by molar-refractivity contribution is 6.08. The summed E-state index contributed by atoms with van der Waals surface area (Å²) in [7, 11) is 1.64. The van der Waals surface area contributed by atoms with Gasteiger partial charge >= 0.3 is 0 Å². The number of carbonyl (C=O) groups is 1. The molecule has 0 bridgehead atoms. The van der Waals surface area contributed by atoms with E-state index in [0.717, 1.165) is 17.0 Å². The second-order valence-corrected chi connectivity index (χ2v) is 5.73. The first kappa shape index (κ1) is 15.6. The number of anilines is 1. The van der Waals surface area contributed by atoms with E-state index in [1.165, 1.54) is 0 Å². The molecule has 4 heteroatoms. The van der Waals surface area contributed by atoms with Crippen molar-refractivity contribution >= 4 is 11.6 Å². The van der Waals surface area contributed by atoms with Crippen molar-refractivity contribution in [3.05, 3.63) is 60.2 Å². The number of para-hydroxylation sites is 1. The van der Waals surface area contributed by atoms with Crippen molar-refractivity contribution in [2.24, 2.45) is 0 Å². The van der Waals surface area contributed by atoms with Crippen molar-refractivity contribution in [1.29, 1.82) is 0 Å². The van der Waals surface area contributed by atoms with Gasteiger partial charge in [-0.3, -0.25) is 9.69 Å². The number of amides is 1. The summed E-state index contributed by atoms with van der Waals surface area (Å²) >= 11 is 0. The molecule has 1 aliphatic heterocycles. The molecule has 0 unspecified atom stereocenters. The first-order valence-corrected chi connectivity index (χ1v) is 7.78. The molecular formula is C19H21NO3. The lowest BCUT2D eigenvalue weighted by molar-refractivity contribution is -0.160. The van der Waals surface area contributed by atoms with Crippen LogP contribution in [-0.4, -0.2) is 25.2 Å². The van der Waals surface area contributed by atoms with Crippen LogP contribution >= 0.6 is 0 Å². The van der Waals surface area contributed by atoms with Crippen molar-refractivity contribution in [1.82, 2.24) is 0 Å². The number of methoxy groups -OCH3 is 1. The molecule has 2 aromatic carbocycles. The minimum Gasteiger partial charge on any atom is -0.497 e. The number of ether oxygens (including phenoxy) is 2. The zero-order valence-corrected chi connectivity index (χ0v) is 13.7. The van der Waals surface area contributed by atoms with Gasteiger partial charge in [0, 0.05) is 12.3 Å². The number of β-lactam (4-membered cyclic amide) rings is 1. The SMILES string of the molecule is CCO[C@@]1(C)C(=O)N(c2ccccc2)[C@H]1c1ccc(OC)cc1. The van der Waals surface area contributed by atoms with E-state index >= 15 is 0 Å². The number of rotatable bonds is 5. The summed E-state index contributed by atoms with van der Waals surface area (Å²) in [4.78, 5) is 14.6. The number of hydrogen-bond acceptors (Lipinski definition) is 3. The molecule has 0 spiro atoms. The molecule has 0 aromatic heterocycles. The van der Waals surface area contributed by atoms with Crippen LogP contribution in [0.15, 0.2) is 54.6 Å². The predicted molar refractivity (Wildman–Crippen MR) is 89.7 cm³/mol.